The van der Waals surface area contributed by atoms with Gasteiger partial charge in [0.2, 0.25) is 0 Å². The summed E-state index contributed by atoms with van der Waals surface area (Å²) < 4.78 is 18.9. The molecular weight excluding hydrogens is 313 g/mol. The molecule has 2 saturated heterocycles. The molecule has 2 heterocycles. The molecule has 1 unspecified atom stereocenters. The van der Waals surface area contributed by atoms with Gasteiger partial charge in [-0.05, 0) is 49.8 Å². The van der Waals surface area contributed by atoms with Crippen LogP contribution in [0.15, 0.2) is 18.2 Å². The Morgan fingerprint density at radius 2 is 2.00 bits per heavy atom. The van der Waals surface area contributed by atoms with Crippen molar-refractivity contribution in [3.8, 4) is 0 Å². The normalized spacial score (nSPS) is 21.7. The van der Waals surface area contributed by atoms with Crippen LogP contribution in [0, 0.1) is 11.7 Å². The number of hydrogen-bond acceptors (Lipinski definition) is 3. The average Bonchev–Trinajstić information content (AvgIpc) is 3.07. The lowest BCUT2D eigenvalue weighted by Crippen LogP contribution is -2.44. The summed E-state index contributed by atoms with van der Waals surface area (Å²) >= 11 is 0. The quantitative estimate of drug-likeness (QED) is 0.889. The Kier molecular flexibility index (Phi) is 4.99. The number of urea groups is 1. The minimum absolute atomic E-state index is 0.213. The number of benzene rings is 1. The molecule has 1 atom stereocenters. The van der Waals surface area contributed by atoms with Crippen LogP contribution in [0.3, 0.4) is 0 Å². The average molecular weight is 335 g/mol. The maximum Gasteiger partial charge on any atom is 0.322 e. The van der Waals surface area contributed by atoms with Gasteiger partial charge in [0, 0.05) is 31.5 Å². The molecule has 0 aliphatic carbocycles. The van der Waals surface area contributed by atoms with E-state index in [9.17, 15) is 14.0 Å². The maximum absolute atomic E-state index is 13.5. The van der Waals surface area contributed by atoms with Crippen molar-refractivity contribution in [3.63, 3.8) is 0 Å². The second-order valence-corrected chi connectivity index (χ2v) is 6.34. The summed E-state index contributed by atoms with van der Waals surface area (Å²) in [6.07, 6.45) is 3.91. The van der Waals surface area contributed by atoms with Gasteiger partial charge in [0.25, 0.3) is 5.91 Å². The third-order valence-corrected chi connectivity index (χ3v) is 4.85. The largest absolute Gasteiger partial charge is 0.381 e. The monoisotopic (exact) mass is 335 g/mol. The Hall–Kier alpha value is -2.15. The lowest BCUT2D eigenvalue weighted by molar-refractivity contribution is 0.0429. The van der Waals surface area contributed by atoms with Crippen LogP contribution in [0.2, 0.25) is 0 Å². The molecule has 0 radical (unpaired) electrons. The first-order chi connectivity index (χ1) is 11.6. The van der Waals surface area contributed by atoms with Gasteiger partial charge in [-0.25, -0.2) is 9.18 Å². The van der Waals surface area contributed by atoms with Crippen LogP contribution in [-0.2, 0) is 4.74 Å². The van der Waals surface area contributed by atoms with E-state index in [1.54, 1.807) is 0 Å². The highest BCUT2D eigenvalue weighted by atomic mass is 19.1. The summed E-state index contributed by atoms with van der Waals surface area (Å²) in [4.78, 5) is 25.7. The van der Waals surface area contributed by atoms with E-state index in [2.05, 4.69) is 5.32 Å². The molecule has 3 N–H and O–H groups in total. The molecule has 1 aromatic rings. The van der Waals surface area contributed by atoms with Gasteiger partial charge >= 0.3 is 6.03 Å². The van der Waals surface area contributed by atoms with Crippen LogP contribution < -0.4 is 11.1 Å². The number of carbonyl (C=O) groups is 2. The Morgan fingerprint density at radius 3 is 2.71 bits per heavy atom. The zero-order valence-electron chi connectivity index (χ0n) is 13.5. The minimum Gasteiger partial charge on any atom is -0.381 e. The van der Waals surface area contributed by atoms with E-state index in [-0.39, 0.29) is 17.6 Å². The van der Waals surface area contributed by atoms with E-state index in [1.807, 2.05) is 4.90 Å². The Labute approximate surface area is 140 Å². The second-order valence-electron chi connectivity index (χ2n) is 6.34. The standard InChI is InChI=1S/C17H22FN3O3/c18-14-4-3-12(10-13(14)16(19)22)20-17(23)21-7-1-2-15(21)11-5-8-24-9-6-11/h3-4,10-11,15H,1-2,5-9H2,(H2,19,22)(H,20,23). The number of nitrogens with one attached hydrogen (secondary N) is 1. The van der Waals surface area contributed by atoms with E-state index in [1.165, 1.54) is 12.1 Å². The SMILES string of the molecule is NC(=O)c1cc(NC(=O)N2CCCC2C2CCOCC2)ccc1F. The number of anilines is 1. The fraction of sp³-hybridized carbons (Fsp3) is 0.529. The number of amides is 3. The second kappa shape index (κ2) is 7.17. The van der Waals surface area contributed by atoms with Gasteiger partial charge in [-0.2, -0.15) is 0 Å². The highest BCUT2D eigenvalue weighted by Crippen LogP contribution is 2.31. The van der Waals surface area contributed by atoms with Crippen LogP contribution in [-0.4, -0.2) is 42.6 Å². The molecule has 1 aromatic carbocycles. The van der Waals surface area contributed by atoms with E-state index >= 15 is 0 Å². The zero-order chi connectivity index (χ0) is 17.1. The molecule has 6 nitrogen and oxygen atoms in total. The lowest BCUT2D eigenvalue weighted by Gasteiger charge is -2.34. The predicted octanol–water partition coefficient (Wildman–Crippen LogP) is 2.35. The van der Waals surface area contributed by atoms with Gasteiger partial charge in [-0.3, -0.25) is 4.79 Å². The molecule has 24 heavy (non-hydrogen) atoms. The molecule has 3 rings (SSSR count). The maximum atomic E-state index is 13.5. The number of nitrogens with two attached hydrogens (primary N) is 1. The molecule has 7 heteroatoms. The summed E-state index contributed by atoms with van der Waals surface area (Å²) in [6.45, 7) is 2.20. The summed E-state index contributed by atoms with van der Waals surface area (Å²) in [6, 6.07) is 3.83. The van der Waals surface area contributed by atoms with E-state index in [0.29, 0.717) is 18.2 Å². The first-order valence-electron chi connectivity index (χ1n) is 8.31. The van der Waals surface area contributed by atoms with Crippen molar-refractivity contribution in [2.24, 2.45) is 11.7 Å². The lowest BCUT2D eigenvalue weighted by atomic mass is 9.90. The van der Waals surface area contributed by atoms with Gasteiger partial charge in [0.05, 0.1) is 5.56 Å². The first kappa shape index (κ1) is 16.7. The number of likely N-dealkylation sites (tertiary alicyclic amines) is 1. The number of nitrogens with zero attached hydrogens (tertiary/aromatic N) is 1. The molecule has 2 aliphatic heterocycles. The van der Waals surface area contributed by atoms with Crippen molar-refractivity contribution in [3.05, 3.63) is 29.6 Å². The molecule has 0 saturated carbocycles. The molecule has 2 fully saturated rings. The van der Waals surface area contributed by atoms with Gasteiger partial charge in [0.15, 0.2) is 0 Å². The Morgan fingerprint density at radius 1 is 1.25 bits per heavy atom. The fourth-order valence-corrected chi connectivity index (χ4v) is 3.62. The third kappa shape index (κ3) is 3.51. The van der Waals surface area contributed by atoms with E-state index in [4.69, 9.17) is 10.5 Å². The summed E-state index contributed by atoms with van der Waals surface area (Å²) in [7, 11) is 0. The van der Waals surface area contributed by atoms with Gasteiger partial charge < -0.3 is 20.7 Å². The summed E-state index contributed by atoms with van der Waals surface area (Å²) in [5, 5.41) is 2.76. The topological polar surface area (TPSA) is 84.7 Å². The van der Waals surface area contributed by atoms with Crippen molar-refractivity contribution in [1.29, 1.82) is 0 Å². The van der Waals surface area contributed by atoms with Crippen molar-refractivity contribution >= 4 is 17.6 Å². The van der Waals surface area contributed by atoms with E-state index in [0.717, 1.165) is 45.0 Å². The molecule has 0 spiro atoms. The molecule has 3 amide bonds. The molecular formula is C17H22FN3O3. The number of primary amides is 1. The van der Waals surface area contributed by atoms with Crippen LogP contribution in [0.25, 0.3) is 0 Å². The van der Waals surface area contributed by atoms with Crippen LogP contribution in [0.4, 0.5) is 14.9 Å². The van der Waals surface area contributed by atoms with Crippen molar-refractivity contribution in [1.82, 2.24) is 4.90 Å². The number of hydrogen-bond donors (Lipinski definition) is 2. The Balaban J connectivity index is 1.69. The number of carbonyl (C=O) groups excluding carboxylic acids is 2. The van der Waals surface area contributed by atoms with Gasteiger partial charge in [0.1, 0.15) is 5.82 Å². The van der Waals surface area contributed by atoms with Crippen molar-refractivity contribution in [2.45, 2.75) is 31.7 Å². The molecule has 0 bridgehead atoms. The highest BCUT2D eigenvalue weighted by Gasteiger charge is 2.35. The summed E-state index contributed by atoms with van der Waals surface area (Å²) in [5.41, 5.74) is 5.28. The predicted molar refractivity (Wildman–Crippen MR) is 87.2 cm³/mol. The van der Waals surface area contributed by atoms with Crippen molar-refractivity contribution < 1.29 is 18.7 Å². The smallest absolute Gasteiger partial charge is 0.322 e. The molecule has 0 aromatic heterocycles. The number of rotatable bonds is 3. The van der Waals surface area contributed by atoms with Crippen molar-refractivity contribution in [2.75, 3.05) is 25.1 Å². The van der Waals surface area contributed by atoms with Gasteiger partial charge in [-0.15, -0.1) is 0 Å². The van der Waals surface area contributed by atoms with Crippen LogP contribution >= 0.6 is 0 Å². The number of halogens is 1. The van der Waals surface area contributed by atoms with Gasteiger partial charge in [-0.1, -0.05) is 0 Å². The van der Waals surface area contributed by atoms with E-state index < -0.39 is 11.7 Å². The fourth-order valence-electron chi connectivity index (χ4n) is 3.62. The van der Waals surface area contributed by atoms with Crippen LogP contribution in [0.1, 0.15) is 36.0 Å². The minimum atomic E-state index is -0.857. The molecule has 130 valence electrons. The highest BCUT2D eigenvalue weighted by molar-refractivity contribution is 5.96. The zero-order valence-corrected chi connectivity index (χ0v) is 13.5. The first-order valence-corrected chi connectivity index (χ1v) is 8.31. The molecule has 2 aliphatic rings. The third-order valence-electron chi connectivity index (χ3n) is 4.85. The van der Waals surface area contributed by atoms with Crippen LogP contribution in [0.5, 0.6) is 0 Å². The number of ether oxygens (including phenoxy) is 1. The Bertz CT molecular complexity index is 632. The summed E-state index contributed by atoms with van der Waals surface area (Å²) in [5.74, 6) is -1.09.